The van der Waals surface area contributed by atoms with Crippen molar-refractivity contribution in [2.24, 2.45) is 7.05 Å². The Bertz CT molecular complexity index is 697. The van der Waals surface area contributed by atoms with Crippen molar-refractivity contribution in [2.75, 3.05) is 5.32 Å². The average Bonchev–Trinajstić information content (AvgIpc) is 2.37. The van der Waals surface area contributed by atoms with Gasteiger partial charge >= 0.3 is 0 Å². The molecule has 4 nitrogen and oxygen atoms in total. The number of pyridine rings is 1. The molecule has 0 spiro atoms. The van der Waals surface area contributed by atoms with Crippen LogP contribution >= 0.6 is 27.5 Å². The molecule has 0 aliphatic heterocycles. The van der Waals surface area contributed by atoms with Crippen LogP contribution in [0.3, 0.4) is 0 Å². The molecule has 6 heteroatoms. The van der Waals surface area contributed by atoms with E-state index in [9.17, 15) is 9.59 Å². The highest BCUT2D eigenvalue weighted by molar-refractivity contribution is 9.10. The lowest BCUT2D eigenvalue weighted by Crippen LogP contribution is -2.20. The zero-order chi connectivity index (χ0) is 14.0. The lowest BCUT2D eigenvalue weighted by molar-refractivity contribution is 0.102. The predicted octanol–water partition coefficient (Wildman–Crippen LogP) is 3.05. The number of carbonyl (C=O) groups is 1. The van der Waals surface area contributed by atoms with E-state index in [1.54, 1.807) is 37.5 Å². The van der Waals surface area contributed by atoms with Crippen molar-refractivity contribution >= 4 is 39.1 Å². The van der Waals surface area contributed by atoms with Crippen LogP contribution in [0.15, 0.2) is 45.8 Å². The molecule has 1 N–H and O–H groups in total. The van der Waals surface area contributed by atoms with Crippen molar-refractivity contribution in [1.82, 2.24) is 4.57 Å². The number of anilines is 1. The Labute approximate surface area is 123 Å². The highest BCUT2D eigenvalue weighted by Gasteiger charge is 2.09. The fourth-order valence-corrected chi connectivity index (χ4v) is 2.00. The van der Waals surface area contributed by atoms with Gasteiger partial charge in [-0.3, -0.25) is 9.59 Å². The number of halogens is 2. The van der Waals surface area contributed by atoms with Crippen LogP contribution in [0.25, 0.3) is 0 Å². The van der Waals surface area contributed by atoms with E-state index < -0.39 is 0 Å². The van der Waals surface area contributed by atoms with Crippen LogP contribution in [0.1, 0.15) is 10.4 Å². The maximum atomic E-state index is 12.0. The molecule has 2 aromatic rings. The van der Waals surface area contributed by atoms with Gasteiger partial charge in [-0.25, -0.2) is 0 Å². The van der Waals surface area contributed by atoms with Crippen LogP contribution in [0.2, 0.25) is 5.02 Å². The predicted molar refractivity (Wildman–Crippen MR) is 78.8 cm³/mol. The summed E-state index contributed by atoms with van der Waals surface area (Å²) in [5.74, 6) is -0.360. The molecule has 0 aliphatic carbocycles. The molecular weight excluding hydrogens is 332 g/mol. The molecule has 2 rings (SSSR count). The molecule has 1 aromatic heterocycles. The third-order valence-electron chi connectivity index (χ3n) is 2.54. The molecule has 1 heterocycles. The van der Waals surface area contributed by atoms with Crippen LogP contribution in [0, 0.1) is 0 Å². The van der Waals surface area contributed by atoms with Crippen LogP contribution in [-0.4, -0.2) is 10.5 Å². The monoisotopic (exact) mass is 340 g/mol. The minimum absolute atomic E-state index is 0.238. The van der Waals surface area contributed by atoms with E-state index in [4.69, 9.17) is 11.6 Å². The number of amides is 1. The molecule has 1 aromatic carbocycles. The van der Waals surface area contributed by atoms with Crippen LogP contribution in [0.5, 0.6) is 0 Å². The second-order valence-corrected chi connectivity index (χ2v) is 5.23. The summed E-state index contributed by atoms with van der Waals surface area (Å²) in [5.41, 5.74) is 0.617. The summed E-state index contributed by atoms with van der Waals surface area (Å²) in [7, 11) is 1.62. The largest absolute Gasteiger partial charge is 0.321 e. The van der Waals surface area contributed by atoms with Gasteiger partial charge in [-0.05, 0) is 40.2 Å². The van der Waals surface area contributed by atoms with Crippen molar-refractivity contribution in [3.63, 3.8) is 0 Å². The van der Waals surface area contributed by atoms with Gasteiger partial charge in [0.25, 0.3) is 11.5 Å². The zero-order valence-corrected chi connectivity index (χ0v) is 12.3. The first kappa shape index (κ1) is 13.8. The molecule has 19 heavy (non-hydrogen) atoms. The molecule has 0 bridgehead atoms. The molecular formula is C13H10BrClN2O2. The van der Waals surface area contributed by atoms with Gasteiger partial charge in [-0.1, -0.05) is 11.6 Å². The summed E-state index contributed by atoms with van der Waals surface area (Å²) < 4.78 is 2.11. The summed E-state index contributed by atoms with van der Waals surface area (Å²) in [6.07, 6.45) is 1.55. The molecule has 0 aliphatic rings. The van der Waals surface area contributed by atoms with Gasteiger partial charge in [0.15, 0.2) is 0 Å². The molecule has 0 unspecified atom stereocenters. The van der Waals surface area contributed by atoms with E-state index in [0.717, 1.165) is 0 Å². The van der Waals surface area contributed by atoms with Gasteiger partial charge < -0.3 is 9.88 Å². The van der Waals surface area contributed by atoms with Gasteiger partial charge in [0.05, 0.1) is 5.69 Å². The zero-order valence-electron chi connectivity index (χ0n) is 9.98. The number of carbonyl (C=O) groups excluding carboxylic acids is 1. The van der Waals surface area contributed by atoms with Crippen molar-refractivity contribution in [1.29, 1.82) is 0 Å². The molecule has 1 amide bonds. The number of hydrogen-bond donors (Lipinski definition) is 1. The van der Waals surface area contributed by atoms with Gasteiger partial charge in [0.1, 0.15) is 0 Å². The standard InChI is InChI=1S/C13H10BrClN2O2/c1-17-5-4-8(6-12(17)18)13(19)16-11-7-9(15)2-3-10(11)14/h2-7H,1H3,(H,16,19). The van der Waals surface area contributed by atoms with E-state index >= 15 is 0 Å². The van der Waals surface area contributed by atoms with E-state index in [0.29, 0.717) is 20.7 Å². The fourth-order valence-electron chi connectivity index (χ4n) is 1.48. The molecule has 0 saturated carbocycles. The SMILES string of the molecule is Cn1ccc(C(=O)Nc2cc(Cl)ccc2Br)cc1=O. The highest BCUT2D eigenvalue weighted by Crippen LogP contribution is 2.26. The number of nitrogens with one attached hydrogen (secondary N) is 1. The highest BCUT2D eigenvalue weighted by atomic mass is 79.9. The molecule has 0 atom stereocenters. The number of aromatic nitrogens is 1. The Balaban J connectivity index is 2.28. The lowest BCUT2D eigenvalue weighted by Gasteiger charge is -2.08. The first-order valence-electron chi connectivity index (χ1n) is 5.40. The average molecular weight is 342 g/mol. The Morgan fingerprint density at radius 2 is 2.05 bits per heavy atom. The summed E-state index contributed by atoms with van der Waals surface area (Å²) >= 11 is 9.19. The Morgan fingerprint density at radius 1 is 1.32 bits per heavy atom. The molecule has 0 saturated heterocycles. The third kappa shape index (κ3) is 3.24. The van der Waals surface area contributed by atoms with Crippen molar-refractivity contribution in [3.8, 4) is 0 Å². The summed E-state index contributed by atoms with van der Waals surface area (Å²) in [5, 5.41) is 3.21. The van der Waals surface area contributed by atoms with Crippen LogP contribution in [0.4, 0.5) is 5.69 Å². The van der Waals surface area contributed by atoms with Crippen molar-refractivity contribution in [2.45, 2.75) is 0 Å². The number of rotatable bonds is 2. The Hall–Kier alpha value is -1.59. The smallest absolute Gasteiger partial charge is 0.255 e. The Kier molecular flexibility index (Phi) is 4.07. The normalized spacial score (nSPS) is 10.3. The van der Waals surface area contributed by atoms with E-state index in [1.807, 2.05) is 0 Å². The molecule has 98 valence electrons. The second kappa shape index (κ2) is 5.59. The quantitative estimate of drug-likeness (QED) is 0.913. The van der Waals surface area contributed by atoms with Gasteiger partial charge in [0, 0.05) is 34.4 Å². The van der Waals surface area contributed by atoms with Gasteiger partial charge in [0.2, 0.25) is 0 Å². The van der Waals surface area contributed by atoms with Gasteiger partial charge in [-0.15, -0.1) is 0 Å². The van der Waals surface area contributed by atoms with E-state index in [-0.39, 0.29) is 11.5 Å². The fraction of sp³-hybridized carbons (Fsp3) is 0.0769. The topological polar surface area (TPSA) is 51.1 Å². The number of nitrogens with zero attached hydrogens (tertiary/aromatic N) is 1. The number of benzene rings is 1. The summed E-state index contributed by atoms with van der Waals surface area (Å²) in [4.78, 5) is 23.5. The third-order valence-corrected chi connectivity index (χ3v) is 3.47. The van der Waals surface area contributed by atoms with Gasteiger partial charge in [-0.2, -0.15) is 0 Å². The summed E-state index contributed by atoms with van der Waals surface area (Å²) in [6.45, 7) is 0. The Morgan fingerprint density at radius 3 is 2.74 bits per heavy atom. The van der Waals surface area contributed by atoms with Crippen LogP contribution in [-0.2, 0) is 7.05 Å². The van der Waals surface area contributed by atoms with E-state index in [2.05, 4.69) is 21.2 Å². The molecule has 0 radical (unpaired) electrons. The maximum absolute atomic E-state index is 12.0. The first-order chi connectivity index (χ1) is 8.97. The first-order valence-corrected chi connectivity index (χ1v) is 6.57. The minimum atomic E-state index is -0.360. The second-order valence-electron chi connectivity index (χ2n) is 3.94. The van der Waals surface area contributed by atoms with E-state index in [1.165, 1.54) is 10.6 Å². The maximum Gasteiger partial charge on any atom is 0.255 e. The minimum Gasteiger partial charge on any atom is -0.321 e. The summed E-state index contributed by atoms with van der Waals surface area (Å²) in [6, 6.07) is 7.94. The number of hydrogen-bond acceptors (Lipinski definition) is 2. The lowest BCUT2D eigenvalue weighted by atomic mass is 10.2. The number of aryl methyl sites for hydroxylation is 1. The van der Waals surface area contributed by atoms with Crippen LogP contribution < -0.4 is 10.9 Å². The van der Waals surface area contributed by atoms with Crippen molar-refractivity contribution < 1.29 is 4.79 Å². The molecule has 0 fully saturated rings. The van der Waals surface area contributed by atoms with Crippen molar-refractivity contribution in [3.05, 3.63) is 61.9 Å².